The predicted molar refractivity (Wildman–Crippen MR) is 81.6 cm³/mol. The highest BCUT2D eigenvalue weighted by molar-refractivity contribution is 7.17. The van der Waals surface area contributed by atoms with Crippen LogP contribution in [0.5, 0.6) is 0 Å². The molecule has 0 fully saturated rings. The molecule has 1 heterocycles. The Morgan fingerprint density at radius 2 is 2.16 bits per heavy atom. The van der Waals surface area contributed by atoms with Crippen molar-refractivity contribution in [2.75, 3.05) is 13.6 Å². The van der Waals surface area contributed by atoms with Crippen LogP contribution >= 0.6 is 11.3 Å². The lowest BCUT2D eigenvalue weighted by Crippen LogP contribution is -2.37. The van der Waals surface area contributed by atoms with Crippen LogP contribution in [0.25, 0.3) is 10.1 Å². The van der Waals surface area contributed by atoms with Crippen LogP contribution < -0.4 is 5.32 Å². The monoisotopic (exact) mass is 276 g/mol. The van der Waals surface area contributed by atoms with Crippen molar-refractivity contribution in [2.24, 2.45) is 0 Å². The van der Waals surface area contributed by atoms with Crippen molar-refractivity contribution >= 4 is 27.5 Å². The van der Waals surface area contributed by atoms with Gasteiger partial charge in [0.1, 0.15) is 0 Å². The molecule has 0 bridgehead atoms. The summed E-state index contributed by atoms with van der Waals surface area (Å²) in [7, 11) is 1.84. The second-order valence-electron chi connectivity index (χ2n) is 4.70. The summed E-state index contributed by atoms with van der Waals surface area (Å²) in [5.41, 5.74) is 1.22. The second-order valence-corrected chi connectivity index (χ2v) is 5.61. The van der Waals surface area contributed by atoms with Gasteiger partial charge in [-0.2, -0.15) is 0 Å². The van der Waals surface area contributed by atoms with Crippen LogP contribution in [0.2, 0.25) is 0 Å². The van der Waals surface area contributed by atoms with Gasteiger partial charge in [-0.1, -0.05) is 31.5 Å². The molecule has 0 aliphatic heterocycles. The van der Waals surface area contributed by atoms with E-state index in [9.17, 15) is 4.79 Å². The molecule has 0 aliphatic carbocycles. The molecule has 0 saturated heterocycles. The summed E-state index contributed by atoms with van der Waals surface area (Å²) >= 11 is 1.73. The number of rotatable bonds is 5. The number of carbonyl (C=O) groups is 1. The Morgan fingerprint density at radius 3 is 2.95 bits per heavy atom. The minimum absolute atomic E-state index is 0.00345. The van der Waals surface area contributed by atoms with Crippen molar-refractivity contribution in [2.45, 2.75) is 26.3 Å². The Kier molecular flexibility index (Phi) is 4.80. The van der Waals surface area contributed by atoms with Gasteiger partial charge in [0.25, 0.3) is 0 Å². The Hall–Kier alpha value is -1.55. The van der Waals surface area contributed by atoms with E-state index in [0.717, 1.165) is 19.4 Å². The van der Waals surface area contributed by atoms with Gasteiger partial charge in [-0.05, 0) is 28.8 Å². The first kappa shape index (κ1) is 13.9. The molecule has 0 unspecified atom stereocenters. The number of nitrogens with one attached hydrogen (secondary N) is 1. The van der Waals surface area contributed by atoms with Gasteiger partial charge >= 0.3 is 6.03 Å². The zero-order valence-electron chi connectivity index (χ0n) is 11.5. The Labute approximate surface area is 118 Å². The molecule has 1 aromatic heterocycles. The third kappa shape index (κ3) is 3.47. The fraction of sp³-hybridized carbons (Fsp3) is 0.400. The van der Waals surface area contributed by atoms with Gasteiger partial charge in [0.2, 0.25) is 0 Å². The van der Waals surface area contributed by atoms with E-state index in [1.54, 1.807) is 16.2 Å². The van der Waals surface area contributed by atoms with Gasteiger partial charge in [0.15, 0.2) is 0 Å². The van der Waals surface area contributed by atoms with Crippen molar-refractivity contribution in [1.29, 1.82) is 0 Å². The zero-order valence-corrected chi connectivity index (χ0v) is 12.3. The molecule has 2 aromatic rings. The van der Waals surface area contributed by atoms with E-state index >= 15 is 0 Å². The van der Waals surface area contributed by atoms with Crippen LogP contribution in [0.3, 0.4) is 0 Å². The number of benzene rings is 1. The Balaban J connectivity index is 1.98. The lowest BCUT2D eigenvalue weighted by Gasteiger charge is -2.17. The maximum Gasteiger partial charge on any atom is 0.317 e. The SMILES string of the molecule is CCCCNC(=O)N(C)Cc1csc2ccccc12. The van der Waals surface area contributed by atoms with Crippen molar-refractivity contribution in [3.05, 3.63) is 35.2 Å². The second kappa shape index (κ2) is 6.57. The lowest BCUT2D eigenvalue weighted by atomic mass is 10.2. The van der Waals surface area contributed by atoms with Gasteiger partial charge < -0.3 is 10.2 Å². The molecule has 19 heavy (non-hydrogen) atoms. The first-order valence-corrected chi connectivity index (χ1v) is 7.54. The predicted octanol–water partition coefficient (Wildman–Crippen LogP) is 3.84. The summed E-state index contributed by atoms with van der Waals surface area (Å²) in [6, 6.07) is 8.32. The average molecular weight is 276 g/mol. The number of hydrogen-bond donors (Lipinski definition) is 1. The van der Waals surface area contributed by atoms with Crippen LogP contribution in [0.15, 0.2) is 29.6 Å². The fourth-order valence-electron chi connectivity index (χ4n) is 1.99. The smallest absolute Gasteiger partial charge is 0.317 e. The number of carbonyl (C=O) groups excluding carboxylic acids is 1. The summed E-state index contributed by atoms with van der Waals surface area (Å²) in [6.07, 6.45) is 2.13. The normalized spacial score (nSPS) is 10.6. The molecule has 2 rings (SSSR count). The summed E-state index contributed by atoms with van der Waals surface area (Å²) < 4.78 is 1.28. The molecule has 0 atom stereocenters. The number of nitrogens with zero attached hydrogens (tertiary/aromatic N) is 1. The lowest BCUT2D eigenvalue weighted by molar-refractivity contribution is 0.207. The topological polar surface area (TPSA) is 32.3 Å². The van der Waals surface area contributed by atoms with Crippen LogP contribution in [-0.2, 0) is 6.54 Å². The average Bonchev–Trinajstić information content (AvgIpc) is 2.82. The zero-order chi connectivity index (χ0) is 13.7. The number of fused-ring (bicyclic) bond motifs is 1. The molecule has 0 saturated carbocycles. The number of hydrogen-bond acceptors (Lipinski definition) is 2. The van der Waals surface area contributed by atoms with E-state index in [1.165, 1.54) is 15.6 Å². The molecular weight excluding hydrogens is 256 g/mol. The van der Waals surface area contributed by atoms with E-state index in [1.807, 2.05) is 19.2 Å². The van der Waals surface area contributed by atoms with Gasteiger partial charge in [-0.3, -0.25) is 0 Å². The third-order valence-corrected chi connectivity index (χ3v) is 4.13. The standard InChI is InChI=1S/C15H20N2OS/c1-3-4-9-16-15(18)17(2)10-12-11-19-14-8-6-5-7-13(12)14/h5-8,11H,3-4,9-10H2,1-2H3,(H,16,18). The highest BCUT2D eigenvalue weighted by Gasteiger charge is 2.11. The highest BCUT2D eigenvalue weighted by atomic mass is 32.1. The quantitative estimate of drug-likeness (QED) is 0.827. The van der Waals surface area contributed by atoms with Gasteiger partial charge in [0, 0.05) is 24.8 Å². The van der Waals surface area contributed by atoms with E-state index < -0.39 is 0 Å². The first-order chi connectivity index (χ1) is 9.22. The number of urea groups is 1. The molecule has 4 heteroatoms. The molecule has 2 amide bonds. The minimum Gasteiger partial charge on any atom is -0.338 e. The Bertz CT molecular complexity index is 550. The highest BCUT2D eigenvalue weighted by Crippen LogP contribution is 2.26. The molecule has 1 N–H and O–H groups in total. The summed E-state index contributed by atoms with van der Waals surface area (Å²) in [6.45, 7) is 3.53. The van der Waals surface area contributed by atoms with Gasteiger partial charge in [0.05, 0.1) is 0 Å². The third-order valence-electron chi connectivity index (χ3n) is 3.12. The number of unbranched alkanes of at least 4 members (excludes halogenated alkanes) is 1. The summed E-state index contributed by atoms with van der Waals surface area (Å²) in [5.74, 6) is 0. The molecule has 0 radical (unpaired) electrons. The van der Waals surface area contributed by atoms with E-state index in [0.29, 0.717) is 6.54 Å². The molecule has 3 nitrogen and oxygen atoms in total. The van der Waals surface area contributed by atoms with Gasteiger partial charge in [-0.15, -0.1) is 11.3 Å². The number of amides is 2. The van der Waals surface area contributed by atoms with Crippen molar-refractivity contribution in [3.63, 3.8) is 0 Å². The Morgan fingerprint density at radius 1 is 1.37 bits per heavy atom. The maximum atomic E-state index is 11.9. The molecule has 102 valence electrons. The summed E-state index contributed by atoms with van der Waals surface area (Å²) in [4.78, 5) is 13.6. The van der Waals surface area contributed by atoms with E-state index in [2.05, 4.69) is 29.8 Å². The van der Waals surface area contributed by atoms with Crippen LogP contribution in [0, 0.1) is 0 Å². The minimum atomic E-state index is 0.00345. The van der Waals surface area contributed by atoms with Crippen LogP contribution in [0.4, 0.5) is 4.79 Å². The van der Waals surface area contributed by atoms with Crippen molar-refractivity contribution < 1.29 is 4.79 Å². The summed E-state index contributed by atoms with van der Waals surface area (Å²) in [5, 5.41) is 6.32. The molecule has 0 spiro atoms. The van der Waals surface area contributed by atoms with E-state index in [-0.39, 0.29) is 6.03 Å². The fourth-order valence-corrected chi connectivity index (χ4v) is 2.94. The molecule has 1 aromatic carbocycles. The largest absolute Gasteiger partial charge is 0.338 e. The van der Waals surface area contributed by atoms with Crippen molar-refractivity contribution in [1.82, 2.24) is 10.2 Å². The van der Waals surface area contributed by atoms with Crippen LogP contribution in [0.1, 0.15) is 25.3 Å². The van der Waals surface area contributed by atoms with Crippen molar-refractivity contribution in [3.8, 4) is 0 Å². The molecule has 0 aliphatic rings. The number of thiophene rings is 1. The molecular formula is C15H20N2OS. The van der Waals surface area contributed by atoms with Crippen LogP contribution in [-0.4, -0.2) is 24.5 Å². The van der Waals surface area contributed by atoms with Gasteiger partial charge in [-0.25, -0.2) is 4.79 Å². The maximum absolute atomic E-state index is 11.9. The first-order valence-electron chi connectivity index (χ1n) is 6.66. The van der Waals surface area contributed by atoms with E-state index in [4.69, 9.17) is 0 Å².